The van der Waals surface area contributed by atoms with E-state index in [-0.39, 0.29) is 17.3 Å². The Morgan fingerprint density at radius 2 is 1.76 bits per heavy atom. The number of halogens is 1. The number of rotatable bonds is 8. The van der Waals surface area contributed by atoms with Gasteiger partial charge in [-0.15, -0.1) is 0 Å². The Morgan fingerprint density at radius 3 is 2.47 bits per heavy atom. The third-order valence-electron chi connectivity index (χ3n) is 4.77. The lowest BCUT2D eigenvalue weighted by Crippen LogP contribution is -2.24. The van der Waals surface area contributed by atoms with Crippen molar-refractivity contribution >= 4 is 29.4 Å². The van der Waals surface area contributed by atoms with Crippen LogP contribution in [0.3, 0.4) is 0 Å². The monoisotopic (exact) mass is 475 g/mol. The zero-order chi connectivity index (χ0) is 23.9. The minimum atomic E-state index is -0.526. The highest BCUT2D eigenvalue weighted by Crippen LogP contribution is 2.32. The summed E-state index contributed by atoms with van der Waals surface area (Å²) in [6.45, 7) is -0.205. The van der Waals surface area contributed by atoms with Crippen LogP contribution in [0.15, 0.2) is 94.4 Å². The number of amides is 1. The molecule has 34 heavy (non-hydrogen) atoms. The van der Waals surface area contributed by atoms with Gasteiger partial charge in [0, 0.05) is 17.7 Å². The van der Waals surface area contributed by atoms with Gasteiger partial charge in [0.15, 0.2) is 6.61 Å². The second kappa shape index (κ2) is 10.5. The molecule has 9 heteroatoms. The Hall–Kier alpha value is -4.43. The third-order valence-corrected chi connectivity index (χ3v) is 5.08. The standard InChI is InChI=1S/C25H18ClN3O5/c26-23-14-19(29(31)32)8-12-22(23)24-13-11-21(34-24)15-27-28-25(30)16-33-20-9-6-18(7-10-20)17-4-2-1-3-5-17/h1-15H,16H2,(H,28,30)/b27-15-. The van der Waals surface area contributed by atoms with E-state index in [1.807, 2.05) is 42.5 Å². The topological polar surface area (TPSA) is 107 Å². The molecule has 0 saturated heterocycles. The van der Waals surface area contributed by atoms with Crippen LogP contribution < -0.4 is 10.2 Å². The van der Waals surface area contributed by atoms with Crippen molar-refractivity contribution in [2.75, 3.05) is 6.61 Å². The number of nitrogens with one attached hydrogen (secondary N) is 1. The van der Waals surface area contributed by atoms with Gasteiger partial charge >= 0.3 is 0 Å². The third kappa shape index (κ3) is 5.67. The highest BCUT2D eigenvalue weighted by atomic mass is 35.5. The van der Waals surface area contributed by atoms with Crippen molar-refractivity contribution in [3.63, 3.8) is 0 Å². The molecule has 8 nitrogen and oxygen atoms in total. The average molecular weight is 476 g/mol. The molecular formula is C25H18ClN3O5. The number of hydrazone groups is 1. The van der Waals surface area contributed by atoms with Gasteiger partial charge in [0.25, 0.3) is 11.6 Å². The number of ether oxygens (including phenoxy) is 1. The minimum Gasteiger partial charge on any atom is -0.484 e. The van der Waals surface area contributed by atoms with Gasteiger partial charge in [-0.3, -0.25) is 14.9 Å². The molecule has 170 valence electrons. The zero-order valence-corrected chi connectivity index (χ0v) is 18.4. The summed E-state index contributed by atoms with van der Waals surface area (Å²) >= 11 is 6.12. The number of benzene rings is 3. The van der Waals surface area contributed by atoms with Gasteiger partial charge in [-0.25, -0.2) is 5.43 Å². The lowest BCUT2D eigenvalue weighted by Gasteiger charge is -2.06. The number of hydrogen-bond acceptors (Lipinski definition) is 6. The van der Waals surface area contributed by atoms with Crippen molar-refractivity contribution in [1.29, 1.82) is 0 Å². The molecule has 4 aromatic rings. The van der Waals surface area contributed by atoms with Crippen molar-refractivity contribution in [2.45, 2.75) is 0 Å². The Balaban J connectivity index is 1.28. The molecule has 0 radical (unpaired) electrons. The predicted molar refractivity (Wildman–Crippen MR) is 129 cm³/mol. The van der Waals surface area contributed by atoms with Gasteiger partial charge in [0.2, 0.25) is 0 Å². The Morgan fingerprint density at radius 1 is 1.03 bits per heavy atom. The fraction of sp³-hybridized carbons (Fsp3) is 0.0400. The van der Waals surface area contributed by atoms with Crippen LogP contribution in [-0.2, 0) is 4.79 Å². The maximum atomic E-state index is 12.0. The highest BCUT2D eigenvalue weighted by Gasteiger charge is 2.13. The molecule has 1 heterocycles. The van der Waals surface area contributed by atoms with Crippen molar-refractivity contribution < 1.29 is 18.9 Å². The molecule has 0 bridgehead atoms. The van der Waals surface area contributed by atoms with Crippen molar-refractivity contribution in [3.05, 3.63) is 106 Å². The van der Waals surface area contributed by atoms with E-state index < -0.39 is 10.8 Å². The molecule has 0 atom stereocenters. The molecule has 3 aromatic carbocycles. The number of non-ortho nitro benzene ring substituents is 1. The molecule has 1 N–H and O–H groups in total. The fourth-order valence-electron chi connectivity index (χ4n) is 3.11. The maximum Gasteiger partial charge on any atom is 0.277 e. The van der Waals surface area contributed by atoms with Crippen molar-refractivity contribution in [1.82, 2.24) is 5.43 Å². The molecule has 1 amide bonds. The normalized spacial score (nSPS) is 10.9. The predicted octanol–water partition coefficient (Wildman–Crippen LogP) is 5.70. The van der Waals surface area contributed by atoms with Crippen molar-refractivity contribution in [3.8, 4) is 28.2 Å². The fourth-order valence-corrected chi connectivity index (χ4v) is 3.38. The van der Waals surface area contributed by atoms with E-state index in [0.717, 1.165) is 11.1 Å². The molecule has 0 unspecified atom stereocenters. The van der Waals surface area contributed by atoms with Crippen LogP contribution in [0, 0.1) is 10.1 Å². The smallest absolute Gasteiger partial charge is 0.277 e. The second-order valence-corrected chi connectivity index (χ2v) is 7.50. The van der Waals surface area contributed by atoms with Gasteiger partial charge in [-0.2, -0.15) is 5.10 Å². The molecule has 0 aliphatic rings. The molecular weight excluding hydrogens is 458 g/mol. The first-order valence-corrected chi connectivity index (χ1v) is 10.5. The summed E-state index contributed by atoms with van der Waals surface area (Å²) in [5, 5.41) is 14.9. The van der Waals surface area contributed by atoms with Crippen LogP contribution in [0.4, 0.5) is 5.69 Å². The number of nitrogens with zero attached hydrogens (tertiary/aromatic N) is 2. The molecule has 1 aromatic heterocycles. The molecule has 0 aliphatic carbocycles. The van der Waals surface area contributed by atoms with Gasteiger partial charge < -0.3 is 9.15 Å². The highest BCUT2D eigenvalue weighted by molar-refractivity contribution is 6.33. The number of carbonyl (C=O) groups excluding carboxylic acids is 1. The Kier molecular flexibility index (Phi) is 7.00. The van der Waals surface area contributed by atoms with Gasteiger partial charge in [-0.1, -0.05) is 54.1 Å². The number of hydrogen-bond donors (Lipinski definition) is 1. The van der Waals surface area contributed by atoms with Crippen LogP contribution in [0.25, 0.3) is 22.5 Å². The van der Waals surface area contributed by atoms with E-state index >= 15 is 0 Å². The minimum absolute atomic E-state index is 0.112. The maximum absolute atomic E-state index is 12.0. The summed E-state index contributed by atoms with van der Waals surface area (Å²) in [5.74, 6) is 0.903. The van der Waals surface area contributed by atoms with Crippen LogP contribution in [0.5, 0.6) is 5.75 Å². The van der Waals surface area contributed by atoms with Gasteiger partial charge in [0.05, 0.1) is 16.2 Å². The van der Waals surface area contributed by atoms with E-state index in [9.17, 15) is 14.9 Å². The molecule has 0 fully saturated rings. The first kappa shape index (κ1) is 22.8. The van der Waals surface area contributed by atoms with Crippen molar-refractivity contribution in [2.24, 2.45) is 5.10 Å². The van der Waals surface area contributed by atoms with E-state index in [2.05, 4.69) is 10.5 Å². The lowest BCUT2D eigenvalue weighted by molar-refractivity contribution is -0.384. The summed E-state index contributed by atoms with van der Waals surface area (Å²) in [5.41, 5.74) is 4.90. The molecule has 0 spiro atoms. The quantitative estimate of drug-likeness (QED) is 0.200. The summed E-state index contributed by atoms with van der Waals surface area (Å²) < 4.78 is 11.1. The Bertz CT molecular complexity index is 1330. The summed E-state index contributed by atoms with van der Waals surface area (Å²) in [6, 6.07) is 24.8. The van der Waals surface area contributed by atoms with Gasteiger partial charge in [-0.05, 0) is 41.5 Å². The summed E-state index contributed by atoms with van der Waals surface area (Å²) in [6.07, 6.45) is 1.33. The summed E-state index contributed by atoms with van der Waals surface area (Å²) in [4.78, 5) is 22.3. The van der Waals surface area contributed by atoms with Crippen LogP contribution >= 0.6 is 11.6 Å². The average Bonchev–Trinajstić information content (AvgIpc) is 3.32. The largest absolute Gasteiger partial charge is 0.484 e. The van der Waals surface area contributed by atoms with Crippen LogP contribution in [-0.4, -0.2) is 23.7 Å². The van der Waals surface area contributed by atoms with E-state index in [4.69, 9.17) is 20.8 Å². The van der Waals surface area contributed by atoms with Gasteiger partial charge in [0.1, 0.15) is 17.3 Å². The van der Waals surface area contributed by atoms with E-state index in [1.165, 1.54) is 24.4 Å². The van der Waals surface area contributed by atoms with Crippen LogP contribution in [0.2, 0.25) is 5.02 Å². The second-order valence-electron chi connectivity index (χ2n) is 7.10. The SMILES string of the molecule is O=C(COc1ccc(-c2ccccc2)cc1)N/N=C\c1ccc(-c2ccc([N+](=O)[O-])cc2Cl)o1. The van der Waals surface area contributed by atoms with Crippen LogP contribution in [0.1, 0.15) is 5.76 Å². The lowest BCUT2D eigenvalue weighted by atomic mass is 10.1. The zero-order valence-electron chi connectivity index (χ0n) is 17.7. The summed E-state index contributed by atoms with van der Waals surface area (Å²) in [7, 11) is 0. The molecule has 0 aliphatic heterocycles. The molecule has 0 saturated carbocycles. The number of furan rings is 1. The first-order valence-electron chi connectivity index (χ1n) is 10.1. The molecule has 4 rings (SSSR count). The number of nitro benzene ring substituents is 1. The first-order chi connectivity index (χ1) is 16.5. The number of nitro groups is 1. The Labute approximate surface area is 199 Å². The van der Waals surface area contributed by atoms with E-state index in [0.29, 0.717) is 22.8 Å². The number of carbonyl (C=O) groups is 1. The van der Waals surface area contributed by atoms with E-state index in [1.54, 1.807) is 24.3 Å².